The molecule has 2 aromatic rings. The van der Waals surface area contributed by atoms with Gasteiger partial charge in [-0.05, 0) is 49.7 Å². The summed E-state index contributed by atoms with van der Waals surface area (Å²) < 4.78 is 6.76. The minimum Gasteiger partial charge on any atom is -0.490 e. The van der Waals surface area contributed by atoms with Crippen molar-refractivity contribution >= 4 is 33.7 Å². The van der Waals surface area contributed by atoms with Crippen LogP contribution >= 0.6 is 27.5 Å². The molecule has 0 unspecified atom stereocenters. The Balaban J connectivity index is 1.99. The summed E-state index contributed by atoms with van der Waals surface area (Å²) in [5.74, 6) is 0.815. The molecule has 0 spiro atoms. The lowest BCUT2D eigenvalue weighted by Crippen LogP contribution is -2.09. The first kappa shape index (κ1) is 16.8. The number of hydrogen-bond donors (Lipinski definition) is 1. The highest BCUT2D eigenvalue weighted by molar-refractivity contribution is 9.10. The first-order chi connectivity index (χ1) is 10.5. The molecule has 0 saturated heterocycles. The maximum absolute atomic E-state index is 5.86. The SMILES string of the molecule is CC(C)Oc1ccc(Br)cc1/C=N\NCc1ccc(Cl)cc1. The van der Waals surface area contributed by atoms with Gasteiger partial charge in [0.1, 0.15) is 5.75 Å². The molecule has 0 fully saturated rings. The highest BCUT2D eigenvalue weighted by Crippen LogP contribution is 2.22. The van der Waals surface area contributed by atoms with Gasteiger partial charge in [0, 0.05) is 15.1 Å². The van der Waals surface area contributed by atoms with Gasteiger partial charge in [-0.3, -0.25) is 0 Å². The standard InChI is InChI=1S/C17H18BrClN2O/c1-12(2)22-17-8-5-15(18)9-14(17)11-21-20-10-13-3-6-16(19)7-4-13/h3-9,11-12,20H,10H2,1-2H3/b21-11-. The lowest BCUT2D eigenvalue weighted by atomic mass is 10.2. The fourth-order valence-electron chi connectivity index (χ4n) is 1.84. The molecule has 116 valence electrons. The van der Waals surface area contributed by atoms with Gasteiger partial charge in [0.15, 0.2) is 0 Å². The van der Waals surface area contributed by atoms with Crippen molar-refractivity contribution in [2.24, 2.45) is 5.10 Å². The van der Waals surface area contributed by atoms with Crippen LogP contribution in [0.3, 0.4) is 0 Å². The van der Waals surface area contributed by atoms with Gasteiger partial charge < -0.3 is 10.2 Å². The molecule has 2 aromatic carbocycles. The fraction of sp³-hybridized carbons (Fsp3) is 0.235. The van der Waals surface area contributed by atoms with Gasteiger partial charge in [0.2, 0.25) is 0 Å². The second-order valence-electron chi connectivity index (χ2n) is 5.07. The van der Waals surface area contributed by atoms with E-state index in [0.29, 0.717) is 6.54 Å². The first-order valence-corrected chi connectivity index (χ1v) is 8.18. The molecule has 0 aliphatic carbocycles. The van der Waals surface area contributed by atoms with Crippen molar-refractivity contribution in [3.05, 3.63) is 63.1 Å². The molecule has 0 aliphatic rings. The van der Waals surface area contributed by atoms with E-state index in [0.717, 1.165) is 26.4 Å². The maximum atomic E-state index is 5.86. The first-order valence-electron chi connectivity index (χ1n) is 7.01. The Labute approximate surface area is 144 Å². The van der Waals surface area contributed by atoms with Crippen molar-refractivity contribution in [1.29, 1.82) is 0 Å². The van der Waals surface area contributed by atoms with Gasteiger partial charge in [-0.1, -0.05) is 39.7 Å². The Morgan fingerprint density at radius 2 is 1.95 bits per heavy atom. The van der Waals surface area contributed by atoms with Gasteiger partial charge in [-0.25, -0.2) is 0 Å². The molecular weight excluding hydrogens is 364 g/mol. The van der Waals surface area contributed by atoms with Crippen molar-refractivity contribution < 1.29 is 4.74 Å². The molecule has 2 rings (SSSR count). The van der Waals surface area contributed by atoms with E-state index in [9.17, 15) is 0 Å². The predicted octanol–water partition coefficient (Wildman–Crippen LogP) is 5.01. The lowest BCUT2D eigenvalue weighted by molar-refractivity contribution is 0.242. The second-order valence-corrected chi connectivity index (χ2v) is 6.42. The van der Waals surface area contributed by atoms with E-state index in [2.05, 4.69) is 26.5 Å². The predicted molar refractivity (Wildman–Crippen MR) is 95.8 cm³/mol. The Kier molecular flexibility index (Phi) is 6.28. The summed E-state index contributed by atoms with van der Waals surface area (Å²) >= 11 is 9.32. The number of hydrazone groups is 1. The minimum atomic E-state index is 0.121. The van der Waals surface area contributed by atoms with Gasteiger partial charge in [-0.15, -0.1) is 0 Å². The molecule has 3 nitrogen and oxygen atoms in total. The van der Waals surface area contributed by atoms with Crippen LogP contribution in [0.15, 0.2) is 52.0 Å². The Morgan fingerprint density at radius 3 is 2.64 bits per heavy atom. The van der Waals surface area contributed by atoms with E-state index < -0.39 is 0 Å². The Bertz CT molecular complexity index is 642. The minimum absolute atomic E-state index is 0.121. The molecule has 0 amide bonds. The van der Waals surface area contributed by atoms with Gasteiger partial charge in [0.25, 0.3) is 0 Å². The smallest absolute Gasteiger partial charge is 0.128 e. The van der Waals surface area contributed by atoms with Crippen LogP contribution in [0.4, 0.5) is 0 Å². The van der Waals surface area contributed by atoms with E-state index in [4.69, 9.17) is 16.3 Å². The van der Waals surface area contributed by atoms with E-state index in [1.807, 2.05) is 56.3 Å². The van der Waals surface area contributed by atoms with E-state index in [-0.39, 0.29) is 6.10 Å². The highest BCUT2D eigenvalue weighted by Gasteiger charge is 2.04. The molecule has 22 heavy (non-hydrogen) atoms. The largest absolute Gasteiger partial charge is 0.490 e. The average molecular weight is 382 g/mol. The molecule has 0 aromatic heterocycles. The van der Waals surface area contributed by atoms with Crippen LogP contribution in [-0.2, 0) is 6.54 Å². The van der Waals surface area contributed by atoms with E-state index in [1.54, 1.807) is 6.21 Å². The van der Waals surface area contributed by atoms with Gasteiger partial charge in [-0.2, -0.15) is 5.10 Å². The van der Waals surface area contributed by atoms with Gasteiger partial charge >= 0.3 is 0 Å². The van der Waals surface area contributed by atoms with Crippen LogP contribution in [-0.4, -0.2) is 12.3 Å². The van der Waals surface area contributed by atoms with E-state index >= 15 is 0 Å². The molecule has 0 radical (unpaired) electrons. The summed E-state index contributed by atoms with van der Waals surface area (Å²) in [6, 6.07) is 13.5. The number of benzene rings is 2. The van der Waals surface area contributed by atoms with Crippen LogP contribution in [0.5, 0.6) is 5.75 Å². The zero-order chi connectivity index (χ0) is 15.9. The van der Waals surface area contributed by atoms with Crippen LogP contribution in [0.25, 0.3) is 0 Å². The summed E-state index contributed by atoms with van der Waals surface area (Å²) in [6.45, 7) is 4.64. The summed E-state index contributed by atoms with van der Waals surface area (Å²) in [5.41, 5.74) is 5.07. The second kappa shape index (κ2) is 8.20. The van der Waals surface area contributed by atoms with Crippen molar-refractivity contribution in [2.45, 2.75) is 26.5 Å². The lowest BCUT2D eigenvalue weighted by Gasteiger charge is -2.12. The number of nitrogens with zero attached hydrogens (tertiary/aromatic N) is 1. The number of rotatable bonds is 6. The van der Waals surface area contributed by atoms with Crippen molar-refractivity contribution in [2.75, 3.05) is 0 Å². The van der Waals surface area contributed by atoms with Crippen LogP contribution in [0, 0.1) is 0 Å². The molecule has 0 saturated carbocycles. The molecule has 1 N–H and O–H groups in total. The number of hydrogen-bond acceptors (Lipinski definition) is 3. The van der Waals surface area contributed by atoms with Crippen LogP contribution in [0.2, 0.25) is 5.02 Å². The van der Waals surface area contributed by atoms with Crippen molar-refractivity contribution in [3.8, 4) is 5.75 Å². The van der Waals surface area contributed by atoms with Gasteiger partial charge in [0.05, 0.1) is 18.9 Å². The summed E-state index contributed by atoms with van der Waals surface area (Å²) in [6.07, 6.45) is 1.88. The zero-order valence-corrected chi connectivity index (χ0v) is 14.9. The van der Waals surface area contributed by atoms with Crippen LogP contribution < -0.4 is 10.2 Å². The summed E-state index contributed by atoms with van der Waals surface area (Å²) in [5, 5.41) is 4.99. The number of nitrogens with one attached hydrogen (secondary N) is 1. The molecule has 5 heteroatoms. The summed E-state index contributed by atoms with van der Waals surface area (Å²) in [4.78, 5) is 0. The normalized spacial score (nSPS) is 11.1. The number of halogens is 2. The molecule has 0 aliphatic heterocycles. The highest BCUT2D eigenvalue weighted by atomic mass is 79.9. The molecule has 0 bridgehead atoms. The van der Waals surface area contributed by atoms with E-state index in [1.165, 1.54) is 0 Å². The Morgan fingerprint density at radius 1 is 1.23 bits per heavy atom. The van der Waals surface area contributed by atoms with Crippen molar-refractivity contribution in [3.63, 3.8) is 0 Å². The average Bonchev–Trinajstić information content (AvgIpc) is 2.47. The molecular formula is C17H18BrClN2O. The third-order valence-electron chi connectivity index (χ3n) is 2.83. The monoisotopic (exact) mass is 380 g/mol. The zero-order valence-electron chi connectivity index (χ0n) is 12.5. The quantitative estimate of drug-likeness (QED) is 0.563. The molecule has 0 heterocycles. The Hall–Kier alpha value is -1.52. The van der Waals surface area contributed by atoms with Crippen molar-refractivity contribution in [1.82, 2.24) is 5.43 Å². The third kappa shape index (κ3) is 5.35. The summed E-state index contributed by atoms with van der Waals surface area (Å²) in [7, 11) is 0. The topological polar surface area (TPSA) is 33.6 Å². The third-order valence-corrected chi connectivity index (χ3v) is 3.57. The number of ether oxygens (including phenoxy) is 1. The van der Waals surface area contributed by atoms with Crippen LogP contribution in [0.1, 0.15) is 25.0 Å². The molecule has 0 atom stereocenters. The maximum Gasteiger partial charge on any atom is 0.128 e. The fourth-order valence-corrected chi connectivity index (χ4v) is 2.34.